The molecule has 0 aliphatic rings. The second kappa shape index (κ2) is 6.81. The van der Waals surface area contributed by atoms with E-state index in [0.717, 1.165) is 26.9 Å². The lowest BCUT2D eigenvalue weighted by Gasteiger charge is -2.04. The lowest BCUT2D eigenvalue weighted by Crippen LogP contribution is -2.26. The predicted octanol–water partition coefficient (Wildman–Crippen LogP) is 3.55. The number of carbonyl (C=O) groups is 1. The van der Waals surface area contributed by atoms with Gasteiger partial charge in [-0.1, -0.05) is 30.3 Å². The van der Waals surface area contributed by atoms with Crippen molar-refractivity contribution in [2.45, 2.75) is 13.3 Å². The maximum atomic E-state index is 12.4. The van der Waals surface area contributed by atoms with Gasteiger partial charge in [0.1, 0.15) is 5.69 Å². The van der Waals surface area contributed by atoms with Gasteiger partial charge >= 0.3 is 0 Å². The first-order valence-electron chi connectivity index (χ1n) is 6.93. The van der Waals surface area contributed by atoms with Gasteiger partial charge in [0.2, 0.25) is 0 Å². The zero-order valence-electron chi connectivity index (χ0n) is 12.1. The van der Waals surface area contributed by atoms with Crippen LogP contribution < -0.4 is 5.32 Å². The first-order chi connectivity index (χ1) is 10.7. The normalized spacial score (nSPS) is 10.6. The lowest BCUT2D eigenvalue weighted by molar-refractivity contribution is 0.0950. The highest BCUT2D eigenvalue weighted by atomic mass is 32.1. The monoisotopic (exact) mass is 329 g/mol. The minimum absolute atomic E-state index is 0.125. The molecular formula is C16H15N3OS2. The van der Waals surface area contributed by atoms with Gasteiger partial charge in [0.25, 0.3) is 5.91 Å². The van der Waals surface area contributed by atoms with E-state index in [0.29, 0.717) is 12.2 Å². The summed E-state index contributed by atoms with van der Waals surface area (Å²) in [4.78, 5) is 21.9. The van der Waals surface area contributed by atoms with Crippen molar-refractivity contribution in [1.29, 1.82) is 0 Å². The molecule has 0 radical (unpaired) electrons. The summed E-state index contributed by atoms with van der Waals surface area (Å²) in [7, 11) is 0. The Balaban J connectivity index is 1.72. The average Bonchev–Trinajstić information content (AvgIpc) is 3.17. The van der Waals surface area contributed by atoms with Gasteiger partial charge in [0, 0.05) is 24.5 Å². The van der Waals surface area contributed by atoms with E-state index in [4.69, 9.17) is 0 Å². The van der Waals surface area contributed by atoms with E-state index < -0.39 is 0 Å². The van der Waals surface area contributed by atoms with E-state index >= 15 is 0 Å². The summed E-state index contributed by atoms with van der Waals surface area (Å²) in [6.07, 6.45) is 2.52. The van der Waals surface area contributed by atoms with Gasteiger partial charge in [-0.2, -0.15) is 0 Å². The molecule has 0 fully saturated rings. The summed E-state index contributed by atoms with van der Waals surface area (Å²) in [5.74, 6) is -0.125. The number of nitrogens with one attached hydrogen (secondary N) is 1. The topological polar surface area (TPSA) is 54.9 Å². The van der Waals surface area contributed by atoms with Crippen molar-refractivity contribution in [3.63, 3.8) is 0 Å². The van der Waals surface area contributed by atoms with Crippen LogP contribution in [-0.2, 0) is 6.42 Å². The molecule has 2 aromatic heterocycles. The molecule has 0 saturated heterocycles. The van der Waals surface area contributed by atoms with Gasteiger partial charge in [-0.25, -0.2) is 9.97 Å². The standard InChI is InChI=1S/C16H15N3OS2/c1-11-19-14(15(22-11)12-5-3-2-4-6-12)16(20)18-8-7-13-17-9-10-21-13/h2-6,9-10H,7-8H2,1H3,(H,18,20). The van der Waals surface area contributed by atoms with Crippen molar-refractivity contribution in [1.82, 2.24) is 15.3 Å². The highest BCUT2D eigenvalue weighted by Gasteiger charge is 2.17. The molecule has 3 aromatic rings. The maximum Gasteiger partial charge on any atom is 0.271 e. The summed E-state index contributed by atoms with van der Waals surface area (Å²) in [6, 6.07) is 9.90. The largest absolute Gasteiger partial charge is 0.350 e. The number of nitrogens with zero attached hydrogens (tertiary/aromatic N) is 2. The number of aryl methyl sites for hydroxylation is 1. The molecule has 1 N–H and O–H groups in total. The van der Waals surface area contributed by atoms with Crippen LogP contribution in [0.3, 0.4) is 0 Å². The van der Waals surface area contributed by atoms with Crippen LogP contribution in [0.1, 0.15) is 20.5 Å². The Morgan fingerprint density at radius 2 is 2.09 bits per heavy atom. The summed E-state index contributed by atoms with van der Waals surface area (Å²) in [6.45, 7) is 2.49. The molecule has 2 heterocycles. The molecule has 3 rings (SSSR count). The van der Waals surface area contributed by atoms with Gasteiger partial charge in [0.05, 0.1) is 14.9 Å². The summed E-state index contributed by atoms with van der Waals surface area (Å²) in [5.41, 5.74) is 1.53. The second-order valence-corrected chi connectivity index (χ2v) is 6.89. The minimum atomic E-state index is -0.125. The molecule has 1 amide bonds. The Bertz CT molecular complexity index is 751. The number of benzene rings is 1. The van der Waals surface area contributed by atoms with Crippen LogP contribution in [0.4, 0.5) is 0 Å². The molecule has 4 nitrogen and oxygen atoms in total. The number of hydrogen-bond donors (Lipinski definition) is 1. The van der Waals surface area contributed by atoms with Crippen molar-refractivity contribution < 1.29 is 4.79 Å². The van der Waals surface area contributed by atoms with Gasteiger partial charge in [-0.3, -0.25) is 4.79 Å². The number of rotatable bonds is 5. The maximum absolute atomic E-state index is 12.4. The second-order valence-electron chi connectivity index (χ2n) is 4.71. The third-order valence-corrected chi connectivity index (χ3v) is 4.95. The van der Waals surface area contributed by atoms with Crippen LogP contribution in [0, 0.1) is 6.92 Å². The average molecular weight is 329 g/mol. The summed E-state index contributed by atoms with van der Waals surface area (Å²) >= 11 is 3.14. The lowest BCUT2D eigenvalue weighted by atomic mass is 10.1. The predicted molar refractivity (Wildman–Crippen MR) is 90.4 cm³/mol. The zero-order valence-corrected chi connectivity index (χ0v) is 13.7. The molecule has 1 aromatic carbocycles. The Morgan fingerprint density at radius 1 is 1.27 bits per heavy atom. The third kappa shape index (κ3) is 3.40. The van der Waals surface area contributed by atoms with Crippen molar-refractivity contribution in [3.05, 3.63) is 57.6 Å². The highest BCUT2D eigenvalue weighted by molar-refractivity contribution is 7.15. The summed E-state index contributed by atoms with van der Waals surface area (Å²) in [5, 5.41) is 6.79. The van der Waals surface area contributed by atoms with Crippen LogP contribution >= 0.6 is 22.7 Å². The van der Waals surface area contributed by atoms with Gasteiger partial charge in [0.15, 0.2) is 0 Å². The number of thiazole rings is 2. The van der Waals surface area contributed by atoms with Crippen molar-refractivity contribution in [3.8, 4) is 10.4 Å². The fourth-order valence-corrected chi connectivity index (χ4v) is 3.65. The van der Waals surface area contributed by atoms with Crippen LogP contribution in [0.5, 0.6) is 0 Å². The number of hydrogen-bond acceptors (Lipinski definition) is 5. The smallest absolute Gasteiger partial charge is 0.271 e. The summed E-state index contributed by atoms with van der Waals surface area (Å²) < 4.78 is 0. The van der Waals surface area contributed by atoms with Gasteiger partial charge in [-0.05, 0) is 12.5 Å². The molecule has 0 bridgehead atoms. The van der Waals surface area contributed by atoms with E-state index in [9.17, 15) is 4.79 Å². The van der Waals surface area contributed by atoms with E-state index in [1.807, 2.05) is 42.6 Å². The molecule has 0 saturated carbocycles. The van der Waals surface area contributed by atoms with Crippen molar-refractivity contribution in [2.75, 3.05) is 6.54 Å². The highest BCUT2D eigenvalue weighted by Crippen LogP contribution is 2.29. The van der Waals surface area contributed by atoms with E-state index in [-0.39, 0.29) is 5.91 Å². The molecule has 0 unspecified atom stereocenters. The quantitative estimate of drug-likeness (QED) is 0.779. The molecule has 112 valence electrons. The number of amides is 1. The molecule has 0 aliphatic heterocycles. The van der Waals surface area contributed by atoms with E-state index in [1.165, 1.54) is 0 Å². The van der Waals surface area contributed by atoms with E-state index in [2.05, 4.69) is 15.3 Å². The Morgan fingerprint density at radius 3 is 2.82 bits per heavy atom. The fraction of sp³-hybridized carbons (Fsp3) is 0.188. The van der Waals surface area contributed by atoms with Gasteiger partial charge < -0.3 is 5.32 Å². The number of carbonyl (C=O) groups excluding carboxylic acids is 1. The Kier molecular flexibility index (Phi) is 4.60. The van der Waals surface area contributed by atoms with Crippen LogP contribution in [0.25, 0.3) is 10.4 Å². The van der Waals surface area contributed by atoms with Crippen molar-refractivity contribution >= 4 is 28.6 Å². The first-order valence-corrected chi connectivity index (χ1v) is 8.63. The fourth-order valence-electron chi connectivity index (χ4n) is 2.11. The Labute approximate surface area is 136 Å². The van der Waals surface area contributed by atoms with Crippen molar-refractivity contribution in [2.24, 2.45) is 0 Å². The van der Waals surface area contributed by atoms with Crippen LogP contribution in [-0.4, -0.2) is 22.4 Å². The molecule has 0 aliphatic carbocycles. The van der Waals surface area contributed by atoms with Crippen LogP contribution in [0.15, 0.2) is 41.9 Å². The minimum Gasteiger partial charge on any atom is -0.350 e. The zero-order chi connectivity index (χ0) is 15.4. The SMILES string of the molecule is Cc1nc(C(=O)NCCc2nccs2)c(-c2ccccc2)s1. The molecule has 6 heteroatoms. The molecule has 0 spiro atoms. The molecular weight excluding hydrogens is 314 g/mol. The molecule has 0 atom stereocenters. The molecule has 22 heavy (non-hydrogen) atoms. The first kappa shape index (κ1) is 14.9. The van der Waals surface area contributed by atoms with Crippen LogP contribution in [0.2, 0.25) is 0 Å². The third-order valence-electron chi connectivity index (χ3n) is 3.09. The van der Waals surface area contributed by atoms with E-state index in [1.54, 1.807) is 28.9 Å². The van der Waals surface area contributed by atoms with Gasteiger partial charge in [-0.15, -0.1) is 22.7 Å². The Hall–Kier alpha value is -2.05. The number of aromatic nitrogens is 2.